The first kappa shape index (κ1) is 13.9. The summed E-state index contributed by atoms with van der Waals surface area (Å²) < 4.78 is 6.77. The zero-order chi connectivity index (χ0) is 16.8. The van der Waals surface area contributed by atoms with Gasteiger partial charge in [-0.15, -0.1) is 0 Å². The number of imidazole rings is 1. The van der Waals surface area contributed by atoms with Crippen molar-refractivity contribution >= 4 is 22.2 Å². The molecule has 5 rings (SSSR count). The number of hydrogen-bond acceptors (Lipinski definition) is 5. The Morgan fingerprint density at radius 2 is 1.92 bits per heavy atom. The Kier molecular flexibility index (Phi) is 2.93. The van der Waals surface area contributed by atoms with E-state index in [4.69, 9.17) is 9.61 Å². The van der Waals surface area contributed by atoms with Crippen LogP contribution < -0.4 is 0 Å². The van der Waals surface area contributed by atoms with E-state index in [-0.39, 0.29) is 0 Å². The van der Waals surface area contributed by atoms with Crippen LogP contribution in [0.1, 0.15) is 11.3 Å². The highest BCUT2D eigenvalue weighted by Gasteiger charge is 2.17. The molecular formula is C18H14N6O. The van der Waals surface area contributed by atoms with Gasteiger partial charge in [0.1, 0.15) is 22.4 Å². The van der Waals surface area contributed by atoms with Crippen molar-refractivity contribution in [3.05, 3.63) is 59.8 Å². The standard InChI is InChI=1S/C18H14N6O/c1-11-15-18(24(21-11)10-12-6-3-2-4-7-12)20-17(19-15)13-8-5-9-14-16(13)23-25-22-14/h2-9H,10H2,1H3,(H,19,20). The molecule has 0 atom stereocenters. The van der Waals surface area contributed by atoms with Crippen molar-refractivity contribution < 1.29 is 4.63 Å². The van der Waals surface area contributed by atoms with E-state index in [0.29, 0.717) is 17.6 Å². The molecule has 1 N–H and O–H groups in total. The summed E-state index contributed by atoms with van der Waals surface area (Å²) in [5, 5.41) is 12.5. The van der Waals surface area contributed by atoms with Gasteiger partial charge in [0.25, 0.3) is 0 Å². The van der Waals surface area contributed by atoms with Crippen LogP contribution in [-0.4, -0.2) is 30.1 Å². The fourth-order valence-corrected chi connectivity index (χ4v) is 3.07. The highest BCUT2D eigenvalue weighted by molar-refractivity contribution is 5.91. The molecule has 7 heteroatoms. The molecule has 0 unspecified atom stereocenters. The van der Waals surface area contributed by atoms with Crippen LogP contribution in [0.2, 0.25) is 0 Å². The van der Waals surface area contributed by atoms with Crippen LogP contribution in [0.25, 0.3) is 33.6 Å². The number of aromatic amines is 1. The molecule has 2 aromatic carbocycles. The van der Waals surface area contributed by atoms with Gasteiger partial charge < -0.3 is 4.98 Å². The van der Waals surface area contributed by atoms with Crippen molar-refractivity contribution in [3.63, 3.8) is 0 Å². The third kappa shape index (κ3) is 2.20. The molecule has 0 amide bonds. The molecule has 25 heavy (non-hydrogen) atoms. The number of rotatable bonds is 3. The van der Waals surface area contributed by atoms with Gasteiger partial charge in [-0.1, -0.05) is 36.4 Å². The topological polar surface area (TPSA) is 85.4 Å². The second-order valence-electron chi connectivity index (χ2n) is 5.95. The van der Waals surface area contributed by atoms with Crippen LogP contribution in [-0.2, 0) is 6.54 Å². The lowest BCUT2D eigenvalue weighted by atomic mass is 10.2. The molecule has 0 saturated heterocycles. The first-order valence-corrected chi connectivity index (χ1v) is 7.98. The van der Waals surface area contributed by atoms with Crippen LogP contribution in [0, 0.1) is 6.92 Å². The van der Waals surface area contributed by atoms with Gasteiger partial charge in [-0.2, -0.15) is 5.10 Å². The molecule has 0 bridgehead atoms. The average Bonchev–Trinajstić information content (AvgIpc) is 3.33. The minimum Gasteiger partial charge on any atom is -0.335 e. The molecule has 0 aliphatic heterocycles. The Morgan fingerprint density at radius 1 is 1.04 bits per heavy atom. The Hall–Kier alpha value is -3.48. The number of hydrogen-bond donors (Lipinski definition) is 1. The van der Waals surface area contributed by atoms with Crippen molar-refractivity contribution in [3.8, 4) is 11.4 Å². The summed E-state index contributed by atoms with van der Waals surface area (Å²) in [6.07, 6.45) is 0. The first-order valence-electron chi connectivity index (χ1n) is 7.98. The first-order chi connectivity index (χ1) is 12.3. The Balaban J connectivity index is 1.65. The van der Waals surface area contributed by atoms with Gasteiger partial charge in [0.15, 0.2) is 5.65 Å². The van der Waals surface area contributed by atoms with Crippen molar-refractivity contribution in [2.45, 2.75) is 13.5 Å². The Bertz CT molecular complexity index is 1180. The maximum atomic E-state index is 4.85. The summed E-state index contributed by atoms with van der Waals surface area (Å²) in [6, 6.07) is 15.9. The zero-order valence-electron chi connectivity index (χ0n) is 13.5. The van der Waals surface area contributed by atoms with E-state index < -0.39 is 0 Å². The molecule has 122 valence electrons. The molecule has 3 aromatic heterocycles. The van der Waals surface area contributed by atoms with Gasteiger partial charge in [-0.25, -0.2) is 14.3 Å². The molecule has 0 spiro atoms. The van der Waals surface area contributed by atoms with E-state index in [1.54, 1.807) is 0 Å². The molecule has 0 radical (unpaired) electrons. The van der Waals surface area contributed by atoms with E-state index in [0.717, 1.165) is 28.2 Å². The highest BCUT2D eigenvalue weighted by Crippen LogP contribution is 2.27. The van der Waals surface area contributed by atoms with E-state index in [9.17, 15) is 0 Å². The van der Waals surface area contributed by atoms with Crippen LogP contribution in [0.3, 0.4) is 0 Å². The van der Waals surface area contributed by atoms with Crippen molar-refractivity contribution in [2.75, 3.05) is 0 Å². The number of H-pyrrole nitrogens is 1. The summed E-state index contributed by atoms with van der Waals surface area (Å²) in [5.74, 6) is 0.735. The van der Waals surface area contributed by atoms with Crippen molar-refractivity contribution in [1.82, 2.24) is 30.1 Å². The number of nitrogens with zero attached hydrogens (tertiary/aromatic N) is 5. The second kappa shape index (κ2) is 5.27. The minimum absolute atomic E-state index is 0.672. The quantitative estimate of drug-likeness (QED) is 0.548. The third-order valence-electron chi connectivity index (χ3n) is 4.28. The molecule has 0 fully saturated rings. The van der Waals surface area contributed by atoms with E-state index >= 15 is 0 Å². The van der Waals surface area contributed by atoms with Crippen LogP contribution in [0.15, 0.2) is 53.2 Å². The number of aromatic nitrogens is 6. The number of benzene rings is 2. The monoisotopic (exact) mass is 330 g/mol. The van der Waals surface area contributed by atoms with E-state index in [2.05, 4.69) is 32.5 Å². The largest absolute Gasteiger partial charge is 0.335 e. The molecule has 0 saturated carbocycles. The summed E-state index contributed by atoms with van der Waals surface area (Å²) in [4.78, 5) is 8.13. The average molecular weight is 330 g/mol. The lowest BCUT2D eigenvalue weighted by Gasteiger charge is -2.02. The normalized spacial score (nSPS) is 11.6. The third-order valence-corrected chi connectivity index (χ3v) is 4.28. The van der Waals surface area contributed by atoms with Crippen LogP contribution in [0.5, 0.6) is 0 Å². The van der Waals surface area contributed by atoms with Gasteiger partial charge in [-0.05, 0) is 34.9 Å². The SMILES string of the molecule is Cc1nn(Cc2ccccc2)c2nc(-c3cccc4nonc34)[nH]c12. The lowest BCUT2D eigenvalue weighted by molar-refractivity contribution is 0.315. The summed E-state index contributed by atoms with van der Waals surface area (Å²) >= 11 is 0. The fraction of sp³-hybridized carbons (Fsp3) is 0.111. The lowest BCUT2D eigenvalue weighted by Crippen LogP contribution is -2.02. The Morgan fingerprint density at radius 3 is 2.80 bits per heavy atom. The summed E-state index contributed by atoms with van der Waals surface area (Å²) in [6.45, 7) is 2.65. The predicted octanol–water partition coefficient (Wildman–Crippen LogP) is 3.32. The maximum absolute atomic E-state index is 4.85. The van der Waals surface area contributed by atoms with Crippen molar-refractivity contribution in [1.29, 1.82) is 0 Å². The van der Waals surface area contributed by atoms with Crippen molar-refractivity contribution in [2.24, 2.45) is 0 Å². The number of nitrogens with one attached hydrogen (secondary N) is 1. The highest BCUT2D eigenvalue weighted by atomic mass is 16.6. The van der Waals surface area contributed by atoms with Crippen LogP contribution >= 0.6 is 0 Å². The summed E-state index contributed by atoms with van der Waals surface area (Å²) in [5.41, 5.74) is 6.11. The van der Waals surface area contributed by atoms with Gasteiger partial charge in [-0.3, -0.25) is 0 Å². The molecule has 7 nitrogen and oxygen atoms in total. The van der Waals surface area contributed by atoms with Crippen LogP contribution in [0.4, 0.5) is 0 Å². The molecular weight excluding hydrogens is 316 g/mol. The smallest absolute Gasteiger partial charge is 0.177 e. The van der Waals surface area contributed by atoms with E-state index in [1.165, 1.54) is 5.56 Å². The van der Waals surface area contributed by atoms with Gasteiger partial charge in [0, 0.05) is 5.56 Å². The molecule has 3 heterocycles. The maximum Gasteiger partial charge on any atom is 0.177 e. The minimum atomic E-state index is 0.672. The molecule has 5 aromatic rings. The van der Waals surface area contributed by atoms with E-state index in [1.807, 2.05) is 48.0 Å². The van der Waals surface area contributed by atoms with Gasteiger partial charge >= 0.3 is 0 Å². The fourth-order valence-electron chi connectivity index (χ4n) is 3.07. The second-order valence-corrected chi connectivity index (χ2v) is 5.95. The zero-order valence-corrected chi connectivity index (χ0v) is 13.5. The van der Waals surface area contributed by atoms with Gasteiger partial charge in [0.2, 0.25) is 0 Å². The predicted molar refractivity (Wildman–Crippen MR) is 93.0 cm³/mol. The summed E-state index contributed by atoms with van der Waals surface area (Å²) in [7, 11) is 0. The number of aryl methyl sites for hydroxylation is 1. The van der Waals surface area contributed by atoms with Gasteiger partial charge in [0.05, 0.1) is 12.2 Å². The molecule has 0 aliphatic rings. The molecule has 0 aliphatic carbocycles. The Labute approximate surface area is 142 Å². The number of fused-ring (bicyclic) bond motifs is 2.